The fourth-order valence-electron chi connectivity index (χ4n) is 1.93. The van der Waals surface area contributed by atoms with Crippen molar-refractivity contribution < 1.29 is 0 Å². The summed E-state index contributed by atoms with van der Waals surface area (Å²) >= 11 is 2.29. The van der Waals surface area contributed by atoms with Crippen molar-refractivity contribution in [3.05, 3.63) is 39.7 Å². The van der Waals surface area contributed by atoms with Gasteiger partial charge in [0.15, 0.2) is 0 Å². The maximum Gasteiger partial charge on any atom is 0.111 e. The molecule has 0 bridgehead atoms. The predicted octanol–water partition coefficient (Wildman–Crippen LogP) is 3.63. The Morgan fingerprint density at radius 3 is 2.93 bits per heavy atom. The molecule has 0 amide bonds. The largest absolute Gasteiger partial charge is 0.354 e. The van der Waals surface area contributed by atoms with Crippen LogP contribution in [-0.2, 0) is 0 Å². The standard InChI is InChI=1S/C12H9IN2/c1-7-6-14-12(13)10-8-4-2-3-5-9(8)15-11(7)10/h2-6,15H,1H3. The lowest BCUT2D eigenvalue weighted by molar-refractivity contribution is 1.26. The van der Waals surface area contributed by atoms with Crippen molar-refractivity contribution in [2.24, 2.45) is 0 Å². The minimum Gasteiger partial charge on any atom is -0.354 e. The number of pyridine rings is 1. The number of nitrogens with one attached hydrogen (secondary N) is 1. The number of hydrogen-bond donors (Lipinski definition) is 1. The van der Waals surface area contributed by atoms with Gasteiger partial charge in [-0.1, -0.05) is 18.2 Å². The first-order valence-electron chi connectivity index (χ1n) is 4.79. The number of H-pyrrole nitrogens is 1. The number of benzene rings is 1. The Morgan fingerprint density at radius 1 is 1.27 bits per heavy atom. The Bertz CT molecular complexity index is 655. The lowest BCUT2D eigenvalue weighted by atomic mass is 10.2. The molecule has 2 aromatic heterocycles. The van der Waals surface area contributed by atoms with Gasteiger partial charge in [-0.3, -0.25) is 0 Å². The quantitative estimate of drug-likeness (QED) is 0.498. The van der Waals surface area contributed by atoms with Gasteiger partial charge in [-0.05, 0) is 41.1 Å². The van der Waals surface area contributed by atoms with E-state index >= 15 is 0 Å². The van der Waals surface area contributed by atoms with Crippen molar-refractivity contribution >= 4 is 44.4 Å². The van der Waals surface area contributed by atoms with Gasteiger partial charge in [-0.25, -0.2) is 4.98 Å². The second-order valence-electron chi connectivity index (χ2n) is 3.65. The average molecular weight is 308 g/mol. The van der Waals surface area contributed by atoms with Gasteiger partial charge in [-0.2, -0.15) is 0 Å². The van der Waals surface area contributed by atoms with Crippen molar-refractivity contribution in [2.75, 3.05) is 0 Å². The molecule has 3 heteroatoms. The summed E-state index contributed by atoms with van der Waals surface area (Å²) in [5, 5.41) is 2.50. The summed E-state index contributed by atoms with van der Waals surface area (Å²) in [5.74, 6) is 0. The average Bonchev–Trinajstić information content (AvgIpc) is 2.64. The Kier molecular flexibility index (Phi) is 1.95. The second kappa shape index (κ2) is 3.20. The van der Waals surface area contributed by atoms with E-state index in [1.165, 1.54) is 27.4 Å². The van der Waals surface area contributed by atoms with Crippen LogP contribution in [0.5, 0.6) is 0 Å². The van der Waals surface area contributed by atoms with Gasteiger partial charge in [0.25, 0.3) is 0 Å². The van der Waals surface area contributed by atoms with Crippen LogP contribution in [0.15, 0.2) is 30.5 Å². The highest BCUT2D eigenvalue weighted by Gasteiger charge is 2.09. The van der Waals surface area contributed by atoms with Crippen LogP contribution in [0.1, 0.15) is 5.56 Å². The van der Waals surface area contributed by atoms with Crippen LogP contribution in [-0.4, -0.2) is 9.97 Å². The molecule has 0 atom stereocenters. The summed E-state index contributed by atoms with van der Waals surface area (Å²) in [6.45, 7) is 2.08. The highest BCUT2D eigenvalue weighted by molar-refractivity contribution is 14.1. The van der Waals surface area contributed by atoms with Crippen LogP contribution in [0.2, 0.25) is 0 Å². The molecule has 0 saturated carbocycles. The number of nitrogens with zero attached hydrogens (tertiary/aromatic N) is 1. The minimum absolute atomic E-state index is 1.06. The predicted molar refractivity (Wildman–Crippen MR) is 71.1 cm³/mol. The van der Waals surface area contributed by atoms with Crippen LogP contribution in [0.4, 0.5) is 0 Å². The maximum atomic E-state index is 4.40. The van der Waals surface area contributed by atoms with Crippen LogP contribution < -0.4 is 0 Å². The monoisotopic (exact) mass is 308 g/mol. The molecule has 0 fully saturated rings. The molecule has 1 aromatic carbocycles. The van der Waals surface area contributed by atoms with E-state index in [1.807, 2.05) is 12.3 Å². The number of para-hydroxylation sites is 1. The van der Waals surface area contributed by atoms with E-state index < -0.39 is 0 Å². The third kappa shape index (κ3) is 1.26. The fourth-order valence-corrected chi connectivity index (χ4v) is 2.63. The normalized spacial score (nSPS) is 11.3. The van der Waals surface area contributed by atoms with Gasteiger partial charge in [0, 0.05) is 22.5 Å². The molecule has 0 saturated heterocycles. The summed E-state index contributed by atoms with van der Waals surface area (Å²) in [7, 11) is 0. The molecule has 0 aliphatic rings. The van der Waals surface area contributed by atoms with E-state index in [1.54, 1.807) is 0 Å². The summed E-state index contributed by atoms with van der Waals surface area (Å²) in [6.07, 6.45) is 1.92. The molecular weight excluding hydrogens is 299 g/mol. The molecule has 3 aromatic rings. The molecule has 0 unspecified atom stereocenters. The molecule has 2 nitrogen and oxygen atoms in total. The van der Waals surface area contributed by atoms with Crippen LogP contribution >= 0.6 is 22.6 Å². The molecule has 15 heavy (non-hydrogen) atoms. The topological polar surface area (TPSA) is 28.7 Å². The van der Waals surface area contributed by atoms with Crippen molar-refractivity contribution in [3.63, 3.8) is 0 Å². The summed E-state index contributed by atoms with van der Waals surface area (Å²) in [5.41, 5.74) is 3.58. The molecule has 74 valence electrons. The lowest BCUT2D eigenvalue weighted by Gasteiger charge is -1.97. The Balaban J connectivity index is 2.66. The van der Waals surface area contributed by atoms with Gasteiger partial charge >= 0.3 is 0 Å². The van der Waals surface area contributed by atoms with E-state index in [4.69, 9.17) is 0 Å². The van der Waals surface area contributed by atoms with Gasteiger partial charge in [0.05, 0.1) is 5.52 Å². The number of rotatable bonds is 0. The number of aromatic nitrogens is 2. The fraction of sp³-hybridized carbons (Fsp3) is 0.0833. The SMILES string of the molecule is Cc1cnc(I)c2c1[nH]c1ccccc12. The number of hydrogen-bond acceptors (Lipinski definition) is 1. The molecule has 0 aliphatic heterocycles. The number of halogens is 1. The third-order valence-corrected chi connectivity index (χ3v) is 3.50. The molecule has 2 heterocycles. The van der Waals surface area contributed by atoms with Crippen LogP contribution in [0, 0.1) is 10.6 Å². The molecule has 0 radical (unpaired) electrons. The number of fused-ring (bicyclic) bond motifs is 3. The second-order valence-corrected chi connectivity index (χ2v) is 4.67. The van der Waals surface area contributed by atoms with Gasteiger partial charge < -0.3 is 4.98 Å². The maximum absolute atomic E-state index is 4.40. The molecule has 0 aliphatic carbocycles. The zero-order chi connectivity index (χ0) is 10.4. The van der Waals surface area contributed by atoms with E-state index in [-0.39, 0.29) is 0 Å². The zero-order valence-electron chi connectivity index (χ0n) is 8.21. The number of aryl methyl sites for hydroxylation is 1. The minimum atomic E-state index is 1.06. The van der Waals surface area contributed by atoms with E-state index in [2.05, 4.69) is 57.7 Å². The highest BCUT2D eigenvalue weighted by Crippen LogP contribution is 2.29. The van der Waals surface area contributed by atoms with Gasteiger partial charge in [0.2, 0.25) is 0 Å². The first kappa shape index (κ1) is 9.15. The van der Waals surface area contributed by atoms with Gasteiger partial charge in [0.1, 0.15) is 3.70 Å². The smallest absolute Gasteiger partial charge is 0.111 e. The van der Waals surface area contributed by atoms with Crippen molar-refractivity contribution in [3.8, 4) is 0 Å². The molecule has 0 spiro atoms. The first-order chi connectivity index (χ1) is 7.27. The molecule has 3 rings (SSSR count). The molecular formula is C12H9IN2. The van der Waals surface area contributed by atoms with E-state index in [9.17, 15) is 0 Å². The van der Waals surface area contributed by atoms with Gasteiger partial charge in [-0.15, -0.1) is 0 Å². The Labute approximate surface area is 101 Å². The van der Waals surface area contributed by atoms with Crippen LogP contribution in [0.25, 0.3) is 21.8 Å². The van der Waals surface area contributed by atoms with E-state index in [0.29, 0.717) is 0 Å². The summed E-state index contributed by atoms with van der Waals surface area (Å²) in [4.78, 5) is 7.84. The number of aromatic amines is 1. The Hall–Kier alpha value is -1.10. The zero-order valence-corrected chi connectivity index (χ0v) is 10.4. The van der Waals surface area contributed by atoms with E-state index in [0.717, 1.165) is 3.70 Å². The molecule has 1 N–H and O–H groups in total. The van der Waals surface area contributed by atoms with Crippen LogP contribution in [0.3, 0.4) is 0 Å². The van der Waals surface area contributed by atoms with Crippen molar-refractivity contribution in [1.29, 1.82) is 0 Å². The third-order valence-electron chi connectivity index (χ3n) is 2.68. The summed E-state index contributed by atoms with van der Waals surface area (Å²) in [6, 6.07) is 8.35. The first-order valence-corrected chi connectivity index (χ1v) is 5.87. The van der Waals surface area contributed by atoms with Crippen molar-refractivity contribution in [2.45, 2.75) is 6.92 Å². The Morgan fingerprint density at radius 2 is 2.07 bits per heavy atom. The lowest BCUT2D eigenvalue weighted by Crippen LogP contribution is -1.84. The highest BCUT2D eigenvalue weighted by atomic mass is 127. The van der Waals surface area contributed by atoms with Crippen molar-refractivity contribution in [1.82, 2.24) is 9.97 Å². The summed E-state index contributed by atoms with van der Waals surface area (Å²) < 4.78 is 1.06.